The van der Waals surface area contributed by atoms with Crippen molar-refractivity contribution in [2.45, 2.75) is 26.2 Å². The quantitative estimate of drug-likeness (QED) is 0.582. The molecule has 2 aromatic heterocycles. The zero-order chi connectivity index (χ0) is 22.2. The molecule has 2 aliphatic rings. The lowest BCUT2D eigenvalue weighted by Gasteiger charge is -2.36. The van der Waals surface area contributed by atoms with Gasteiger partial charge in [0.2, 0.25) is 0 Å². The first-order chi connectivity index (χ1) is 15.5. The number of aromatic nitrogens is 2. The second-order valence-electron chi connectivity index (χ2n) is 8.57. The van der Waals surface area contributed by atoms with Crippen molar-refractivity contribution in [1.29, 1.82) is 0 Å². The monoisotopic (exact) mass is 468 g/mol. The molecule has 1 aromatic carbocycles. The Morgan fingerprint density at radius 2 is 1.91 bits per heavy atom. The fourth-order valence-electron chi connectivity index (χ4n) is 4.58. The highest BCUT2D eigenvalue weighted by Crippen LogP contribution is 2.33. The summed E-state index contributed by atoms with van der Waals surface area (Å²) in [4.78, 5) is 31.3. The minimum absolute atomic E-state index is 0.125. The minimum Gasteiger partial charge on any atom is -0.365 e. The number of hydrogen-bond acceptors (Lipinski definition) is 5. The predicted molar refractivity (Wildman–Crippen MR) is 128 cm³/mol. The van der Waals surface area contributed by atoms with Crippen LogP contribution in [0.4, 0.5) is 5.69 Å². The van der Waals surface area contributed by atoms with E-state index in [0.717, 1.165) is 24.8 Å². The van der Waals surface area contributed by atoms with Crippen LogP contribution in [0.5, 0.6) is 0 Å². The summed E-state index contributed by atoms with van der Waals surface area (Å²) >= 11 is 8.19. The van der Waals surface area contributed by atoms with Crippen molar-refractivity contribution < 1.29 is 4.79 Å². The molecule has 3 aromatic rings. The van der Waals surface area contributed by atoms with E-state index in [1.54, 1.807) is 17.5 Å². The highest BCUT2D eigenvalue weighted by Gasteiger charge is 2.29. The molecule has 1 unspecified atom stereocenters. The van der Waals surface area contributed by atoms with Crippen molar-refractivity contribution in [2.24, 2.45) is 5.92 Å². The zero-order valence-electron chi connectivity index (χ0n) is 18.0. The van der Waals surface area contributed by atoms with Crippen LogP contribution < -0.4 is 10.5 Å². The van der Waals surface area contributed by atoms with Crippen LogP contribution in [0.3, 0.4) is 0 Å². The Bertz CT molecular complexity index is 1200. The van der Waals surface area contributed by atoms with Crippen molar-refractivity contribution >= 4 is 34.5 Å². The summed E-state index contributed by atoms with van der Waals surface area (Å²) in [5.74, 6) is 0.823. The highest BCUT2D eigenvalue weighted by atomic mass is 35.5. The van der Waals surface area contributed by atoms with Crippen molar-refractivity contribution in [3.8, 4) is 5.69 Å². The summed E-state index contributed by atoms with van der Waals surface area (Å²) in [7, 11) is 0. The number of fused-ring (bicyclic) bond motifs is 1. The third-order valence-electron chi connectivity index (χ3n) is 6.44. The summed E-state index contributed by atoms with van der Waals surface area (Å²) in [5.41, 5.74) is 3.11. The second kappa shape index (κ2) is 8.71. The number of rotatable bonds is 3. The number of thiophene rings is 1. The van der Waals surface area contributed by atoms with Gasteiger partial charge in [0.25, 0.3) is 11.5 Å². The number of piperazine rings is 1. The zero-order valence-corrected chi connectivity index (χ0v) is 19.5. The molecule has 1 atom stereocenters. The number of hydrogen-bond donors (Lipinski definition) is 0. The second-order valence-corrected chi connectivity index (χ2v) is 9.92. The van der Waals surface area contributed by atoms with Gasteiger partial charge in [-0.2, -0.15) is 9.78 Å². The molecule has 6 nitrogen and oxygen atoms in total. The number of benzene rings is 1. The number of nitrogens with zero attached hydrogens (tertiary/aromatic N) is 4. The molecule has 32 heavy (non-hydrogen) atoms. The SMILES string of the molecule is CC1CCc2c(C(=O)N3CCN(c4cnn(-c5ccccc5)c(=O)c4Cl)CC3)csc2C1. The molecule has 1 aliphatic heterocycles. The van der Waals surface area contributed by atoms with E-state index < -0.39 is 0 Å². The first kappa shape index (κ1) is 21.2. The summed E-state index contributed by atoms with van der Waals surface area (Å²) in [5, 5.41) is 6.53. The first-order valence-corrected chi connectivity index (χ1v) is 12.3. The molecular weight excluding hydrogens is 444 g/mol. The number of para-hydroxylation sites is 1. The lowest BCUT2D eigenvalue weighted by molar-refractivity contribution is 0.0746. The van der Waals surface area contributed by atoms with Gasteiger partial charge in [-0.1, -0.05) is 36.7 Å². The van der Waals surface area contributed by atoms with Gasteiger partial charge in [-0.3, -0.25) is 9.59 Å². The molecule has 0 spiro atoms. The van der Waals surface area contributed by atoms with Crippen molar-refractivity contribution in [1.82, 2.24) is 14.7 Å². The molecule has 1 aliphatic carbocycles. The van der Waals surface area contributed by atoms with Gasteiger partial charge < -0.3 is 9.80 Å². The summed E-state index contributed by atoms with van der Waals surface area (Å²) in [6, 6.07) is 9.23. The predicted octanol–water partition coefficient (Wildman–Crippen LogP) is 4.03. The number of halogens is 1. The van der Waals surface area contributed by atoms with E-state index in [9.17, 15) is 9.59 Å². The van der Waals surface area contributed by atoms with Gasteiger partial charge in [-0.25, -0.2) is 0 Å². The van der Waals surface area contributed by atoms with Gasteiger partial charge in [0.1, 0.15) is 5.02 Å². The molecule has 0 saturated carbocycles. The van der Waals surface area contributed by atoms with E-state index in [4.69, 9.17) is 11.6 Å². The van der Waals surface area contributed by atoms with Crippen LogP contribution in [0.2, 0.25) is 5.02 Å². The minimum atomic E-state index is -0.340. The molecule has 0 radical (unpaired) electrons. The molecule has 8 heteroatoms. The van der Waals surface area contributed by atoms with Crippen molar-refractivity contribution in [3.05, 3.63) is 73.3 Å². The Hall–Kier alpha value is -2.64. The molecule has 5 rings (SSSR count). The van der Waals surface area contributed by atoms with Gasteiger partial charge in [0.15, 0.2) is 0 Å². The summed E-state index contributed by atoms with van der Waals surface area (Å²) < 4.78 is 1.31. The molecule has 0 N–H and O–H groups in total. The number of carbonyl (C=O) groups excluding carboxylic acids is 1. The Labute approximate surface area is 196 Å². The van der Waals surface area contributed by atoms with Crippen LogP contribution >= 0.6 is 22.9 Å². The Morgan fingerprint density at radius 3 is 2.66 bits per heavy atom. The van der Waals surface area contributed by atoms with Gasteiger partial charge in [-0.15, -0.1) is 11.3 Å². The molecule has 0 bridgehead atoms. The standard InChI is InChI=1S/C24H25ClN4O2S/c1-16-7-8-18-19(15-32-21(18)13-16)23(30)28-11-9-27(10-12-28)20-14-26-29(24(31)22(20)25)17-5-3-2-4-6-17/h2-6,14-16H,7-13H2,1H3. The normalized spacial score (nSPS) is 18.5. The van der Waals surface area contributed by atoms with Gasteiger partial charge >= 0.3 is 0 Å². The third-order valence-corrected chi connectivity index (χ3v) is 7.85. The Morgan fingerprint density at radius 1 is 1.16 bits per heavy atom. The van der Waals surface area contributed by atoms with E-state index in [1.165, 1.54) is 15.1 Å². The van der Waals surface area contributed by atoms with Crippen LogP contribution in [0, 0.1) is 5.92 Å². The van der Waals surface area contributed by atoms with E-state index in [2.05, 4.69) is 12.0 Å². The third kappa shape index (κ3) is 3.84. The highest BCUT2D eigenvalue weighted by molar-refractivity contribution is 7.10. The molecule has 1 fully saturated rings. The van der Waals surface area contributed by atoms with Crippen molar-refractivity contribution in [3.63, 3.8) is 0 Å². The molecule has 166 valence electrons. The molecule has 1 amide bonds. The van der Waals surface area contributed by atoms with Crippen LogP contribution in [0.25, 0.3) is 5.69 Å². The smallest absolute Gasteiger partial charge is 0.292 e. The number of amides is 1. The Balaban J connectivity index is 1.30. The summed E-state index contributed by atoms with van der Waals surface area (Å²) in [6.07, 6.45) is 4.88. The van der Waals surface area contributed by atoms with E-state index in [0.29, 0.717) is 43.5 Å². The van der Waals surface area contributed by atoms with E-state index >= 15 is 0 Å². The fraction of sp³-hybridized carbons (Fsp3) is 0.375. The summed E-state index contributed by atoms with van der Waals surface area (Å²) in [6.45, 7) is 4.70. The largest absolute Gasteiger partial charge is 0.365 e. The lowest BCUT2D eigenvalue weighted by atomic mass is 9.88. The first-order valence-electron chi connectivity index (χ1n) is 11.0. The van der Waals surface area contributed by atoms with Crippen molar-refractivity contribution in [2.75, 3.05) is 31.1 Å². The van der Waals surface area contributed by atoms with E-state index in [1.807, 2.05) is 45.5 Å². The molecule has 1 saturated heterocycles. The maximum absolute atomic E-state index is 13.2. The fourth-order valence-corrected chi connectivity index (χ4v) is 6.06. The lowest BCUT2D eigenvalue weighted by Crippen LogP contribution is -2.49. The molecular formula is C24H25ClN4O2S. The van der Waals surface area contributed by atoms with Crippen LogP contribution in [-0.2, 0) is 12.8 Å². The maximum Gasteiger partial charge on any atom is 0.292 e. The number of anilines is 1. The topological polar surface area (TPSA) is 58.4 Å². The average Bonchev–Trinajstić information content (AvgIpc) is 3.24. The van der Waals surface area contributed by atoms with Gasteiger partial charge in [-0.05, 0) is 42.9 Å². The Kier molecular flexibility index (Phi) is 5.78. The van der Waals surface area contributed by atoms with Crippen LogP contribution in [0.1, 0.15) is 34.1 Å². The van der Waals surface area contributed by atoms with Gasteiger partial charge in [0.05, 0.1) is 23.1 Å². The van der Waals surface area contributed by atoms with Gasteiger partial charge in [0, 0.05) is 36.4 Å². The maximum atomic E-state index is 13.2. The van der Waals surface area contributed by atoms with E-state index in [-0.39, 0.29) is 16.5 Å². The number of carbonyl (C=O) groups is 1. The molecule has 3 heterocycles. The van der Waals surface area contributed by atoms with Crippen LogP contribution in [-0.4, -0.2) is 46.8 Å². The average molecular weight is 469 g/mol. The van der Waals surface area contributed by atoms with Crippen LogP contribution in [0.15, 0.2) is 46.7 Å².